The highest BCUT2D eigenvalue weighted by Crippen LogP contribution is 2.30. The van der Waals surface area contributed by atoms with E-state index in [9.17, 15) is 9.90 Å². The smallest absolute Gasteiger partial charge is 0.307 e. The maximum absolute atomic E-state index is 11.8. The van der Waals surface area contributed by atoms with Crippen molar-refractivity contribution in [2.45, 2.75) is 38.7 Å². The van der Waals surface area contributed by atoms with Crippen molar-refractivity contribution in [2.24, 2.45) is 5.92 Å². The van der Waals surface area contributed by atoms with Crippen LogP contribution in [0.3, 0.4) is 0 Å². The average Bonchev–Trinajstić information content (AvgIpc) is 3.25. The molecule has 0 aliphatic heterocycles. The molecule has 146 valence electrons. The molecule has 3 N–H and O–H groups in total. The first-order valence-corrected chi connectivity index (χ1v) is 9.24. The van der Waals surface area contributed by atoms with Gasteiger partial charge in [0.2, 0.25) is 0 Å². The van der Waals surface area contributed by atoms with Gasteiger partial charge in [0.05, 0.1) is 18.2 Å². The zero-order chi connectivity index (χ0) is 19.9. The number of carboxylic acids is 1. The number of aromatic amines is 1. The van der Waals surface area contributed by atoms with E-state index in [4.69, 9.17) is 5.11 Å². The molecular formula is C20H23N5O3. The van der Waals surface area contributed by atoms with Crippen LogP contribution in [-0.4, -0.2) is 41.8 Å². The topological polar surface area (TPSA) is 125 Å². The number of aliphatic carboxylic acids is 1. The number of nitrogens with zero attached hydrogens (tertiary/aromatic N) is 4. The molecule has 0 saturated carbocycles. The van der Waals surface area contributed by atoms with Gasteiger partial charge in [-0.3, -0.25) is 9.78 Å². The van der Waals surface area contributed by atoms with Crippen molar-refractivity contribution in [1.82, 2.24) is 25.6 Å². The third kappa shape index (κ3) is 4.58. The first-order chi connectivity index (χ1) is 13.6. The van der Waals surface area contributed by atoms with Gasteiger partial charge in [-0.2, -0.15) is 0 Å². The van der Waals surface area contributed by atoms with Crippen LogP contribution in [0, 0.1) is 5.92 Å². The fourth-order valence-electron chi connectivity index (χ4n) is 3.31. The number of H-pyrrole nitrogens is 1. The summed E-state index contributed by atoms with van der Waals surface area (Å²) in [6.07, 6.45) is 3.54. The summed E-state index contributed by atoms with van der Waals surface area (Å²) in [6, 6.07) is 11.4. The predicted molar refractivity (Wildman–Crippen MR) is 102 cm³/mol. The minimum atomic E-state index is -0.850. The lowest BCUT2D eigenvalue weighted by Crippen LogP contribution is -2.25. The number of tetrazole rings is 1. The molecule has 8 nitrogen and oxygen atoms in total. The van der Waals surface area contributed by atoms with Crippen LogP contribution in [0.5, 0.6) is 0 Å². The SMILES string of the molecule is CCC[C@H](C(=O)O)[C@H](Cc1ccc(-c2ccc(CO)cc2)nc1)c1nnn[nH]1. The summed E-state index contributed by atoms with van der Waals surface area (Å²) in [4.78, 5) is 16.3. The number of hydrogen-bond donors (Lipinski definition) is 3. The van der Waals surface area contributed by atoms with E-state index in [2.05, 4.69) is 25.6 Å². The van der Waals surface area contributed by atoms with Crippen LogP contribution in [0.2, 0.25) is 0 Å². The number of pyridine rings is 1. The summed E-state index contributed by atoms with van der Waals surface area (Å²) in [5.41, 5.74) is 3.53. The van der Waals surface area contributed by atoms with Gasteiger partial charge in [-0.25, -0.2) is 5.10 Å². The number of benzene rings is 1. The minimum Gasteiger partial charge on any atom is -0.481 e. The molecule has 0 unspecified atom stereocenters. The molecule has 1 aromatic carbocycles. The van der Waals surface area contributed by atoms with E-state index >= 15 is 0 Å². The number of hydrogen-bond acceptors (Lipinski definition) is 6. The number of carbonyl (C=O) groups is 1. The van der Waals surface area contributed by atoms with E-state index in [-0.39, 0.29) is 12.5 Å². The average molecular weight is 381 g/mol. The maximum atomic E-state index is 11.8. The first kappa shape index (κ1) is 19.6. The maximum Gasteiger partial charge on any atom is 0.307 e. The monoisotopic (exact) mass is 381 g/mol. The summed E-state index contributed by atoms with van der Waals surface area (Å²) >= 11 is 0. The van der Waals surface area contributed by atoms with Gasteiger partial charge in [0, 0.05) is 17.7 Å². The Morgan fingerprint density at radius 3 is 2.43 bits per heavy atom. The second-order valence-electron chi connectivity index (χ2n) is 6.74. The minimum absolute atomic E-state index is 0.00698. The summed E-state index contributed by atoms with van der Waals surface area (Å²) in [5, 5.41) is 32.7. The fourth-order valence-corrected chi connectivity index (χ4v) is 3.31. The normalized spacial score (nSPS) is 13.2. The van der Waals surface area contributed by atoms with E-state index in [1.165, 1.54) is 0 Å². The molecule has 0 bridgehead atoms. The van der Waals surface area contributed by atoms with E-state index in [1.807, 2.05) is 43.3 Å². The molecule has 3 rings (SSSR count). The zero-order valence-corrected chi connectivity index (χ0v) is 15.6. The van der Waals surface area contributed by atoms with E-state index < -0.39 is 11.9 Å². The van der Waals surface area contributed by atoms with E-state index in [0.29, 0.717) is 18.7 Å². The second kappa shape index (κ2) is 9.18. The highest BCUT2D eigenvalue weighted by molar-refractivity contribution is 5.71. The van der Waals surface area contributed by atoms with Crippen molar-refractivity contribution in [3.8, 4) is 11.3 Å². The van der Waals surface area contributed by atoms with Crippen LogP contribution in [0.4, 0.5) is 0 Å². The predicted octanol–water partition coefficient (Wildman–Crippen LogP) is 2.58. The fraction of sp³-hybridized carbons (Fsp3) is 0.350. The van der Waals surface area contributed by atoms with Crippen molar-refractivity contribution in [3.05, 3.63) is 59.5 Å². The van der Waals surface area contributed by atoms with Gasteiger partial charge in [-0.1, -0.05) is 43.7 Å². The summed E-state index contributed by atoms with van der Waals surface area (Å²) in [6.45, 7) is 1.97. The Morgan fingerprint density at radius 2 is 1.89 bits per heavy atom. The molecule has 2 atom stereocenters. The molecule has 0 aliphatic carbocycles. The standard InChI is InChI=1S/C20H23N5O3/c1-2-3-16(20(27)28)17(19-22-24-25-23-19)10-14-6-9-18(21-11-14)15-7-4-13(12-26)5-8-15/h4-9,11,16-17,26H,2-3,10,12H2,1H3,(H,27,28)(H,22,23,24,25)/t16-,17-/m0/s1. The molecule has 0 fully saturated rings. The highest BCUT2D eigenvalue weighted by Gasteiger charge is 2.31. The Bertz CT molecular complexity index is 879. The van der Waals surface area contributed by atoms with Crippen molar-refractivity contribution >= 4 is 5.97 Å². The Kier molecular flexibility index (Phi) is 6.44. The van der Waals surface area contributed by atoms with Crippen LogP contribution in [-0.2, 0) is 17.8 Å². The molecule has 2 heterocycles. The highest BCUT2D eigenvalue weighted by atomic mass is 16.4. The number of rotatable bonds is 9. The van der Waals surface area contributed by atoms with Crippen molar-refractivity contribution in [3.63, 3.8) is 0 Å². The van der Waals surface area contributed by atoms with E-state index in [1.54, 1.807) is 6.20 Å². The van der Waals surface area contributed by atoms with Gasteiger partial charge in [0.25, 0.3) is 0 Å². The summed E-state index contributed by atoms with van der Waals surface area (Å²) in [7, 11) is 0. The van der Waals surface area contributed by atoms with Gasteiger partial charge in [0.1, 0.15) is 0 Å². The number of carboxylic acid groups (broad SMARTS) is 1. The largest absolute Gasteiger partial charge is 0.481 e. The molecular weight excluding hydrogens is 358 g/mol. The zero-order valence-electron chi connectivity index (χ0n) is 15.6. The molecule has 0 amide bonds. The second-order valence-corrected chi connectivity index (χ2v) is 6.74. The number of aromatic nitrogens is 5. The van der Waals surface area contributed by atoms with Gasteiger partial charge >= 0.3 is 5.97 Å². The quantitative estimate of drug-likeness (QED) is 0.520. The molecule has 0 radical (unpaired) electrons. The Hall–Kier alpha value is -3.13. The number of nitrogens with one attached hydrogen (secondary N) is 1. The molecule has 0 aliphatic rings. The third-order valence-corrected chi connectivity index (χ3v) is 4.83. The van der Waals surface area contributed by atoms with Crippen LogP contribution in [0.15, 0.2) is 42.6 Å². The lowest BCUT2D eigenvalue weighted by atomic mass is 9.83. The molecule has 8 heteroatoms. The molecule has 28 heavy (non-hydrogen) atoms. The molecule has 0 saturated heterocycles. The lowest BCUT2D eigenvalue weighted by Gasteiger charge is -2.21. The van der Waals surface area contributed by atoms with Crippen LogP contribution >= 0.6 is 0 Å². The molecule has 0 spiro atoms. The van der Waals surface area contributed by atoms with Crippen LogP contribution in [0.25, 0.3) is 11.3 Å². The third-order valence-electron chi connectivity index (χ3n) is 4.83. The Labute approximate surface area is 162 Å². The number of aliphatic hydroxyl groups excluding tert-OH is 1. The van der Waals surface area contributed by atoms with Crippen LogP contribution in [0.1, 0.15) is 42.6 Å². The number of aliphatic hydroxyl groups is 1. The van der Waals surface area contributed by atoms with Crippen molar-refractivity contribution in [1.29, 1.82) is 0 Å². The van der Waals surface area contributed by atoms with Crippen LogP contribution < -0.4 is 0 Å². The van der Waals surface area contributed by atoms with Gasteiger partial charge in [-0.05, 0) is 40.5 Å². The molecule has 2 aromatic heterocycles. The Balaban J connectivity index is 1.81. The Morgan fingerprint density at radius 1 is 1.14 bits per heavy atom. The first-order valence-electron chi connectivity index (χ1n) is 9.24. The lowest BCUT2D eigenvalue weighted by molar-refractivity contribution is -0.142. The van der Waals surface area contributed by atoms with Gasteiger partial charge in [-0.15, -0.1) is 5.10 Å². The summed E-state index contributed by atoms with van der Waals surface area (Å²) < 4.78 is 0. The van der Waals surface area contributed by atoms with Crippen molar-refractivity contribution < 1.29 is 15.0 Å². The van der Waals surface area contributed by atoms with Gasteiger partial charge < -0.3 is 10.2 Å². The summed E-state index contributed by atoms with van der Waals surface area (Å²) in [5.74, 6) is -1.31. The van der Waals surface area contributed by atoms with E-state index in [0.717, 1.165) is 28.8 Å². The van der Waals surface area contributed by atoms with Crippen molar-refractivity contribution in [2.75, 3.05) is 0 Å². The molecule has 3 aromatic rings. The van der Waals surface area contributed by atoms with Gasteiger partial charge in [0.15, 0.2) is 5.82 Å².